The molecule has 6 nitrogen and oxygen atoms in total. The molecule has 6 heteroatoms. The maximum absolute atomic E-state index is 12.2. The summed E-state index contributed by atoms with van der Waals surface area (Å²) in [7, 11) is 0. The molecule has 0 spiro atoms. The number of carbonyl (C=O) groups excluding carboxylic acids is 1. The minimum absolute atomic E-state index is 0.239. The van der Waals surface area contributed by atoms with E-state index in [-0.39, 0.29) is 5.69 Å². The van der Waals surface area contributed by atoms with Crippen molar-refractivity contribution in [3.05, 3.63) is 30.0 Å². The van der Waals surface area contributed by atoms with E-state index in [4.69, 9.17) is 5.11 Å². The number of nitrogens with zero attached hydrogens (tertiary/aromatic N) is 1. The summed E-state index contributed by atoms with van der Waals surface area (Å²) in [5.74, 6) is -1.02. The minimum atomic E-state index is -0.995. The maximum Gasteiger partial charge on any atom is 0.326 e. The van der Waals surface area contributed by atoms with Crippen LogP contribution in [-0.4, -0.2) is 33.2 Å². The summed E-state index contributed by atoms with van der Waals surface area (Å²) in [6, 6.07) is 6.41. The number of carboxylic acids is 1. The van der Waals surface area contributed by atoms with Gasteiger partial charge in [0.1, 0.15) is 6.04 Å². The van der Waals surface area contributed by atoms with E-state index in [2.05, 4.69) is 15.5 Å². The molecule has 1 aliphatic rings. The Balaban J connectivity index is 1.78. The molecule has 1 aromatic carbocycles. The summed E-state index contributed by atoms with van der Waals surface area (Å²) in [6.07, 6.45) is 2.58. The molecule has 1 amide bonds. The number of carbonyl (C=O) groups is 2. The van der Waals surface area contributed by atoms with Gasteiger partial charge in [0.15, 0.2) is 5.69 Å². The van der Waals surface area contributed by atoms with Gasteiger partial charge in [-0.15, -0.1) is 0 Å². The summed E-state index contributed by atoms with van der Waals surface area (Å²) in [5, 5.41) is 19.2. The largest absolute Gasteiger partial charge is 0.480 e. The topological polar surface area (TPSA) is 95.1 Å². The molecule has 0 bridgehead atoms. The highest BCUT2D eigenvalue weighted by Gasteiger charge is 2.31. The Labute approximate surface area is 115 Å². The number of hydrogen-bond acceptors (Lipinski definition) is 3. The molecule has 3 N–H and O–H groups in total. The standard InChI is InChI=1S/C14H15N3O3/c18-13(15-11(14(19)20)7-8-5-6-8)12-9-3-1-2-4-10(9)16-17-12/h1-4,8,11H,5-7H2,(H,15,18)(H,16,17)(H,19,20). The number of carboxylic acid groups (broad SMARTS) is 1. The fourth-order valence-electron chi connectivity index (χ4n) is 2.27. The first-order valence-corrected chi connectivity index (χ1v) is 6.62. The van der Waals surface area contributed by atoms with Crippen LogP contribution in [-0.2, 0) is 4.79 Å². The number of hydrogen-bond donors (Lipinski definition) is 3. The van der Waals surface area contributed by atoms with E-state index in [1.807, 2.05) is 18.2 Å². The van der Waals surface area contributed by atoms with E-state index in [1.165, 1.54) is 0 Å². The number of H-pyrrole nitrogens is 1. The average molecular weight is 273 g/mol. The third-order valence-electron chi connectivity index (χ3n) is 3.55. The number of aromatic amines is 1. The van der Waals surface area contributed by atoms with Crippen molar-refractivity contribution in [3.8, 4) is 0 Å². The Morgan fingerprint density at radius 3 is 2.85 bits per heavy atom. The van der Waals surface area contributed by atoms with Gasteiger partial charge in [-0.05, 0) is 18.4 Å². The van der Waals surface area contributed by atoms with E-state index in [0.29, 0.717) is 17.7 Å². The lowest BCUT2D eigenvalue weighted by molar-refractivity contribution is -0.139. The normalized spacial score (nSPS) is 16.0. The van der Waals surface area contributed by atoms with E-state index < -0.39 is 17.9 Å². The number of rotatable bonds is 5. The Morgan fingerprint density at radius 1 is 1.40 bits per heavy atom. The molecule has 1 aliphatic carbocycles. The number of benzene rings is 1. The van der Waals surface area contributed by atoms with Crippen LogP contribution in [0.25, 0.3) is 10.9 Å². The lowest BCUT2D eigenvalue weighted by atomic mass is 10.1. The molecule has 1 atom stereocenters. The fraction of sp³-hybridized carbons (Fsp3) is 0.357. The summed E-state index contributed by atoms with van der Waals surface area (Å²) >= 11 is 0. The van der Waals surface area contributed by atoms with Gasteiger partial charge < -0.3 is 10.4 Å². The van der Waals surface area contributed by atoms with Crippen LogP contribution in [0.15, 0.2) is 24.3 Å². The molecule has 1 unspecified atom stereocenters. The van der Waals surface area contributed by atoms with Gasteiger partial charge in [-0.2, -0.15) is 5.10 Å². The summed E-state index contributed by atoms with van der Waals surface area (Å²) in [4.78, 5) is 23.4. The molecule has 3 rings (SSSR count). The van der Waals surface area contributed by atoms with Crippen molar-refractivity contribution in [2.45, 2.75) is 25.3 Å². The second-order valence-corrected chi connectivity index (χ2v) is 5.16. The zero-order chi connectivity index (χ0) is 14.1. The number of amides is 1. The van der Waals surface area contributed by atoms with Gasteiger partial charge in [-0.25, -0.2) is 4.79 Å². The number of aromatic nitrogens is 2. The molecule has 1 fully saturated rings. The second kappa shape index (κ2) is 4.96. The summed E-state index contributed by atoms with van der Waals surface area (Å²) in [6.45, 7) is 0. The molecule has 104 valence electrons. The fourth-order valence-corrected chi connectivity index (χ4v) is 2.27. The minimum Gasteiger partial charge on any atom is -0.480 e. The second-order valence-electron chi connectivity index (χ2n) is 5.16. The molecule has 1 heterocycles. The predicted octanol–water partition coefficient (Wildman–Crippen LogP) is 1.55. The Bertz CT molecular complexity index is 660. The third kappa shape index (κ3) is 2.49. The van der Waals surface area contributed by atoms with Crippen molar-refractivity contribution in [2.75, 3.05) is 0 Å². The summed E-state index contributed by atoms with van der Waals surface area (Å²) in [5.41, 5.74) is 0.995. The van der Waals surface area contributed by atoms with Gasteiger partial charge in [0, 0.05) is 5.39 Å². The number of nitrogens with one attached hydrogen (secondary N) is 2. The van der Waals surface area contributed by atoms with Crippen LogP contribution in [0.4, 0.5) is 0 Å². The Morgan fingerprint density at radius 2 is 2.15 bits per heavy atom. The lowest BCUT2D eigenvalue weighted by Gasteiger charge is -2.13. The molecular formula is C14H15N3O3. The molecular weight excluding hydrogens is 258 g/mol. The molecule has 20 heavy (non-hydrogen) atoms. The van der Waals surface area contributed by atoms with Crippen molar-refractivity contribution in [3.63, 3.8) is 0 Å². The monoisotopic (exact) mass is 273 g/mol. The molecule has 1 aromatic heterocycles. The van der Waals surface area contributed by atoms with E-state index in [0.717, 1.165) is 18.4 Å². The van der Waals surface area contributed by atoms with E-state index >= 15 is 0 Å². The van der Waals surface area contributed by atoms with Crippen LogP contribution in [0.2, 0.25) is 0 Å². The van der Waals surface area contributed by atoms with Gasteiger partial charge in [0.25, 0.3) is 5.91 Å². The molecule has 0 radical (unpaired) electrons. The van der Waals surface area contributed by atoms with Crippen molar-refractivity contribution >= 4 is 22.8 Å². The number of aliphatic carboxylic acids is 1. The SMILES string of the molecule is O=C(NC(CC1CC1)C(=O)O)c1n[nH]c2ccccc12. The first kappa shape index (κ1) is 12.7. The first-order valence-electron chi connectivity index (χ1n) is 6.62. The Hall–Kier alpha value is -2.37. The molecule has 0 saturated heterocycles. The number of para-hydroxylation sites is 1. The average Bonchev–Trinajstić information content (AvgIpc) is 3.14. The van der Waals surface area contributed by atoms with Crippen LogP contribution >= 0.6 is 0 Å². The van der Waals surface area contributed by atoms with E-state index in [9.17, 15) is 9.59 Å². The van der Waals surface area contributed by atoms with Crippen LogP contribution in [0.3, 0.4) is 0 Å². The van der Waals surface area contributed by atoms with Crippen LogP contribution < -0.4 is 5.32 Å². The zero-order valence-electron chi connectivity index (χ0n) is 10.8. The number of fused-ring (bicyclic) bond motifs is 1. The van der Waals surface area contributed by atoms with Crippen LogP contribution in [0.5, 0.6) is 0 Å². The first-order chi connectivity index (χ1) is 9.65. The van der Waals surface area contributed by atoms with Gasteiger partial charge in [0.05, 0.1) is 5.52 Å². The van der Waals surface area contributed by atoms with Crippen molar-refractivity contribution < 1.29 is 14.7 Å². The lowest BCUT2D eigenvalue weighted by Crippen LogP contribution is -2.41. The van der Waals surface area contributed by atoms with Gasteiger partial charge in [-0.3, -0.25) is 9.89 Å². The van der Waals surface area contributed by atoms with Crippen molar-refractivity contribution in [1.29, 1.82) is 0 Å². The smallest absolute Gasteiger partial charge is 0.326 e. The molecule has 0 aliphatic heterocycles. The van der Waals surface area contributed by atoms with Gasteiger partial charge >= 0.3 is 5.97 Å². The Kier molecular flexibility index (Phi) is 3.14. The van der Waals surface area contributed by atoms with Gasteiger partial charge in [0.2, 0.25) is 0 Å². The quantitative estimate of drug-likeness (QED) is 0.770. The molecule has 2 aromatic rings. The van der Waals surface area contributed by atoms with Crippen molar-refractivity contribution in [1.82, 2.24) is 15.5 Å². The molecule has 1 saturated carbocycles. The van der Waals surface area contributed by atoms with E-state index in [1.54, 1.807) is 6.07 Å². The highest BCUT2D eigenvalue weighted by atomic mass is 16.4. The van der Waals surface area contributed by atoms with Gasteiger partial charge in [-0.1, -0.05) is 31.0 Å². The van der Waals surface area contributed by atoms with Crippen molar-refractivity contribution in [2.24, 2.45) is 5.92 Å². The zero-order valence-corrected chi connectivity index (χ0v) is 10.8. The maximum atomic E-state index is 12.2. The van der Waals surface area contributed by atoms with Crippen LogP contribution in [0, 0.1) is 5.92 Å². The predicted molar refractivity (Wildman–Crippen MR) is 72.3 cm³/mol. The third-order valence-corrected chi connectivity index (χ3v) is 3.55. The van der Waals surface area contributed by atoms with Crippen LogP contribution in [0.1, 0.15) is 29.8 Å². The highest BCUT2D eigenvalue weighted by molar-refractivity contribution is 6.05. The highest BCUT2D eigenvalue weighted by Crippen LogP contribution is 2.33. The summed E-state index contributed by atoms with van der Waals surface area (Å²) < 4.78 is 0.